The summed E-state index contributed by atoms with van der Waals surface area (Å²) in [4.78, 5) is 18.7. The van der Waals surface area contributed by atoms with Crippen molar-refractivity contribution in [2.45, 2.75) is 50.0 Å². The van der Waals surface area contributed by atoms with Gasteiger partial charge in [0.1, 0.15) is 5.75 Å². The Morgan fingerprint density at radius 1 is 1.15 bits per heavy atom. The van der Waals surface area contributed by atoms with E-state index in [0.29, 0.717) is 44.0 Å². The first kappa shape index (κ1) is 27.5. The molecule has 0 saturated carbocycles. The first-order valence-electron chi connectivity index (χ1n) is 14.4. The van der Waals surface area contributed by atoms with Crippen molar-refractivity contribution in [2.24, 2.45) is 5.92 Å². The Bertz CT molecular complexity index is 1350. The van der Waals surface area contributed by atoms with Crippen LogP contribution in [0.4, 0.5) is 0 Å². The summed E-state index contributed by atoms with van der Waals surface area (Å²) in [6.45, 7) is 10.2. The van der Waals surface area contributed by atoms with Crippen LogP contribution in [0, 0.1) is 5.92 Å². The Balaban J connectivity index is 1.29. The second-order valence-electron chi connectivity index (χ2n) is 11.3. The molecule has 2 aromatic carbocycles. The molecule has 2 atom stereocenters. The molecule has 0 N–H and O–H groups in total. The summed E-state index contributed by atoms with van der Waals surface area (Å²) in [5.74, 6) is 0.819. The summed E-state index contributed by atoms with van der Waals surface area (Å²) >= 11 is -1.24. The Hall–Kier alpha value is -2.69. The van der Waals surface area contributed by atoms with Crippen molar-refractivity contribution in [3.05, 3.63) is 65.4 Å². The third kappa shape index (κ3) is 5.71. The van der Waals surface area contributed by atoms with Crippen LogP contribution >= 0.6 is 0 Å². The molecule has 0 radical (unpaired) electrons. The first-order valence-corrected chi connectivity index (χ1v) is 15.7. The van der Waals surface area contributed by atoms with E-state index in [4.69, 9.17) is 14.6 Å². The number of likely N-dealkylation sites (tertiary alicyclic amines) is 1. The van der Waals surface area contributed by atoms with Crippen molar-refractivity contribution in [3.63, 3.8) is 0 Å². The minimum absolute atomic E-state index is 0.119. The molecule has 212 valence electrons. The molecule has 1 amide bonds. The van der Waals surface area contributed by atoms with Gasteiger partial charge in [0.05, 0.1) is 41.8 Å². The zero-order valence-electron chi connectivity index (χ0n) is 23.4. The number of rotatable bonds is 8. The number of carbonyl (C=O) groups is 1. The molecule has 8 nitrogen and oxygen atoms in total. The maximum atomic E-state index is 13.7. The minimum atomic E-state index is -1.24. The molecule has 2 saturated heterocycles. The lowest BCUT2D eigenvalue weighted by atomic mass is 10.0. The molecule has 3 aliphatic rings. The van der Waals surface area contributed by atoms with Gasteiger partial charge < -0.3 is 18.9 Å². The number of nitrogens with zero attached hydrogens (tertiary/aromatic N) is 4. The van der Waals surface area contributed by atoms with Gasteiger partial charge in [0.2, 0.25) is 0 Å². The maximum Gasteiger partial charge on any atom is 0.275 e. The Kier molecular flexibility index (Phi) is 8.27. The first-order chi connectivity index (χ1) is 19.5. The van der Waals surface area contributed by atoms with Crippen LogP contribution in [0.2, 0.25) is 0 Å². The molecular formula is C31H38N4O4S. The average Bonchev–Trinajstić information content (AvgIpc) is 3.58. The van der Waals surface area contributed by atoms with Crippen molar-refractivity contribution in [2.75, 3.05) is 46.0 Å². The van der Waals surface area contributed by atoms with Crippen LogP contribution in [0.1, 0.15) is 48.3 Å². The van der Waals surface area contributed by atoms with E-state index in [0.717, 1.165) is 66.5 Å². The smallest absolute Gasteiger partial charge is 0.275 e. The van der Waals surface area contributed by atoms with Crippen LogP contribution in [-0.2, 0) is 32.9 Å². The fraction of sp³-hybridized carbons (Fsp3) is 0.484. The van der Waals surface area contributed by atoms with Gasteiger partial charge >= 0.3 is 0 Å². The molecule has 2 unspecified atom stereocenters. The Morgan fingerprint density at radius 3 is 2.80 bits per heavy atom. The van der Waals surface area contributed by atoms with E-state index in [1.165, 1.54) is 5.56 Å². The van der Waals surface area contributed by atoms with Gasteiger partial charge in [0.25, 0.3) is 5.91 Å². The van der Waals surface area contributed by atoms with Crippen LogP contribution < -0.4 is 0 Å². The van der Waals surface area contributed by atoms with Crippen molar-refractivity contribution < 1.29 is 18.8 Å². The van der Waals surface area contributed by atoms with Gasteiger partial charge in [-0.3, -0.25) is 9.69 Å². The number of amides is 1. The number of morpholine rings is 1. The molecule has 0 aliphatic carbocycles. The monoisotopic (exact) mass is 562 g/mol. The van der Waals surface area contributed by atoms with Gasteiger partial charge in [0, 0.05) is 39.3 Å². The van der Waals surface area contributed by atoms with E-state index >= 15 is 0 Å². The van der Waals surface area contributed by atoms with Gasteiger partial charge in [0.15, 0.2) is 10.6 Å². The van der Waals surface area contributed by atoms with Gasteiger partial charge in [-0.2, -0.15) is 5.10 Å². The number of aromatic nitrogens is 2. The fourth-order valence-corrected chi connectivity index (χ4v) is 7.13. The lowest BCUT2D eigenvalue weighted by Gasteiger charge is -2.26. The fourth-order valence-electron chi connectivity index (χ4n) is 5.80. The van der Waals surface area contributed by atoms with Gasteiger partial charge in [-0.05, 0) is 59.8 Å². The Labute approximate surface area is 239 Å². The van der Waals surface area contributed by atoms with Crippen LogP contribution in [0.15, 0.2) is 53.4 Å². The standard InChI is InChI=1S/C31H38N4O4S/c1-22(2)11-15-39-25-10-12-33(20-25)19-23-6-5-7-24(18-23)35-30-26-8-3-4-9-28(26)40(37)21-27(30)29(32-35)31(36)34-13-16-38-17-14-34/h3-9,18,22,25H,10-17,19-21H2,1-2H3. The SMILES string of the molecule is CC(C)CCOC1CCN(Cc2cccc(-n3nc(C(=O)N4CCOCC4)c4c3-c3ccccc3[S+]([O-])C4)c2)C1. The molecule has 3 aliphatic heterocycles. The van der Waals surface area contributed by atoms with Gasteiger partial charge in [-0.25, -0.2) is 4.68 Å². The maximum absolute atomic E-state index is 13.7. The second-order valence-corrected chi connectivity index (χ2v) is 12.8. The van der Waals surface area contributed by atoms with E-state index in [2.05, 4.69) is 36.9 Å². The van der Waals surface area contributed by atoms with Crippen molar-refractivity contribution >= 4 is 17.1 Å². The lowest BCUT2D eigenvalue weighted by Crippen LogP contribution is -2.41. The quantitative estimate of drug-likeness (QED) is 0.382. The van der Waals surface area contributed by atoms with Crippen molar-refractivity contribution in [3.8, 4) is 16.9 Å². The molecule has 1 aromatic heterocycles. The largest absolute Gasteiger partial charge is 0.611 e. The predicted octanol–water partition coefficient (Wildman–Crippen LogP) is 4.27. The van der Waals surface area contributed by atoms with Crippen molar-refractivity contribution in [1.82, 2.24) is 19.6 Å². The van der Waals surface area contributed by atoms with E-state index in [-0.39, 0.29) is 11.7 Å². The highest BCUT2D eigenvalue weighted by atomic mass is 32.2. The second kappa shape index (κ2) is 12.0. The molecule has 40 heavy (non-hydrogen) atoms. The number of hydrogen-bond acceptors (Lipinski definition) is 6. The molecular weight excluding hydrogens is 524 g/mol. The van der Waals surface area contributed by atoms with Crippen LogP contribution in [0.5, 0.6) is 0 Å². The molecule has 6 rings (SSSR count). The van der Waals surface area contributed by atoms with Crippen LogP contribution in [0.25, 0.3) is 16.9 Å². The molecule has 0 spiro atoms. The molecule has 2 fully saturated rings. The van der Waals surface area contributed by atoms with E-state index in [1.807, 2.05) is 35.0 Å². The van der Waals surface area contributed by atoms with Gasteiger partial charge in [-0.1, -0.05) is 38.1 Å². The summed E-state index contributed by atoms with van der Waals surface area (Å²) in [5, 5.41) is 4.92. The number of fused-ring (bicyclic) bond motifs is 3. The zero-order valence-corrected chi connectivity index (χ0v) is 24.2. The van der Waals surface area contributed by atoms with Crippen molar-refractivity contribution in [1.29, 1.82) is 0 Å². The van der Waals surface area contributed by atoms with E-state index in [9.17, 15) is 9.35 Å². The van der Waals surface area contributed by atoms with Crippen LogP contribution in [-0.4, -0.2) is 82.1 Å². The Morgan fingerprint density at radius 2 is 1.98 bits per heavy atom. The molecule has 3 aromatic rings. The highest BCUT2D eigenvalue weighted by Crippen LogP contribution is 2.41. The predicted molar refractivity (Wildman–Crippen MR) is 155 cm³/mol. The van der Waals surface area contributed by atoms with Gasteiger partial charge in [-0.15, -0.1) is 0 Å². The highest BCUT2D eigenvalue weighted by molar-refractivity contribution is 7.90. The number of ether oxygens (including phenoxy) is 2. The molecule has 4 heterocycles. The zero-order chi connectivity index (χ0) is 27.6. The van der Waals surface area contributed by atoms with E-state index < -0.39 is 11.2 Å². The summed E-state index contributed by atoms with van der Waals surface area (Å²) in [7, 11) is 0. The third-order valence-electron chi connectivity index (χ3n) is 7.99. The normalized spacial score (nSPS) is 21.1. The number of hydrogen-bond donors (Lipinski definition) is 0. The minimum Gasteiger partial charge on any atom is -0.611 e. The van der Waals surface area contributed by atoms with E-state index in [1.54, 1.807) is 4.90 Å². The summed E-state index contributed by atoms with van der Waals surface area (Å²) in [5.41, 5.74) is 5.00. The summed E-state index contributed by atoms with van der Waals surface area (Å²) in [6, 6.07) is 16.2. The average molecular weight is 563 g/mol. The third-order valence-corrected chi connectivity index (χ3v) is 9.38. The van der Waals surface area contributed by atoms with Crippen LogP contribution in [0.3, 0.4) is 0 Å². The topological polar surface area (TPSA) is 82.9 Å². The highest BCUT2D eigenvalue weighted by Gasteiger charge is 2.37. The summed E-state index contributed by atoms with van der Waals surface area (Å²) in [6.07, 6.45) is 2.46. The molecule has 9 heteroatoms. The summed E-state index contributed by atoms with van der Waals surface area (Å²) < 4.78 is 26.7. The number of benzene rings is 2. The number of carbonyl (C=O) groups excluding carboxylic acids is 1. The molecule has 0 bridgehead atoms. The lowest BCUT2D eigenvalue weighted by molar-refractivity contribution is 0.0298.